The van der Waals surface area contributed by atoms with Crippen LogP contribution in [0.3, 0.4) is 0 Å². The second kappa shape index (κ2) is 4.10. The highest BCUT2D eigenvalue weighted by atomic mass is 15.2. The summed E-state index contributed by atoms with van der Waals surface area (Å²) in [6, 6.07) is 11.5. The van der Waals surface area contributed by atoms with Crippen molar-refractivity contribution in [3.05, 3.63) is 47.7 Å². The highest BCUT2D eigenvalue weighted by Crippen LogP contribution is 2.25. The number of rotatable bonds is 1. The van der Waals surface area contributed by atoms with Crippen molar-refractivity contribution in [1.29, 1.82) is 5.26 Å². The molecule has 0 fully saturated rings. The fourth-order valence-corrected chi connectivity index (χ4v) is 2.06. The summed E-state index contributed by atoms with van der Waals surface area (Å²) in [6.07, 6.45) is 1.89. The highest BCUT2D eigenvalue weighted by Gasteiger charge is 2.11. The van der Waals surface area contributed by atoms with Gasteiger partial charge in [-0.1, -0.05) is 6.07 Å². The SMILES string of the molecule is Cc1cc(-c2nnc3ccccn23)cc(C#N)c1N. The molecule has 1 aromatic carbocycles. The lowest BCUT2D eigenvalue weighted by Crippen LogP contribution is -1.97. The van der Waals surface area contributed by atoms with Gasteiger partial charge in [0.25, 0.3) is 0 Å². The summed E-state index contributed by atoms with van der Waals surface area (Å²) in [4.78, 5) is 0. The molecule has 3 rings (SSSR count). The van der Waals surface area contributed by atoms with Crippen molar-refractivity contribution in [1.82, 2.24) is 14.6 Å². The minimum absolute atomic E-state index is 0.461. The minimum atomic E-state index is 0.461. The Kier molecular flexibility index (Phi) is 2.43. The predicted octanol–water partition coefficient (Wildman–Crippen LogP) is 2.16. The van der Waals surface area contributed by atoms with Crippen molar-refractivity contribution in [2.75, 3.05) is 5.73 Å². The van der Waals surface area contributed by atoms with Gasteiger partial charge in [0.2, 0.25) is 0 Å². The first-order valence-corrected chi connectivity index (χ1v) is 5.81. The van der Waals surface area contributed by atoms with Gasteiger partial charge in [0.15, 0.2) is 11.5 Å². The van der Waals surface area contributed by atoms with E-state index in [-0.39, 0.29) is 0 Å². The fraction of sp³-hybridized carbons (Fsp3) is 0.0714. The Balaban J connectivity index is 2.28. The zero-order valence-corrected chi connectivity index (χ0v) is 10.3. The molecule has 92 valence electrons. The number of nitrogens with zero attached hydrogens (tertiary/aromatic N) is 4. The van der Waals surface area contributed by atoms with E-state index in [9.17, 15) is 0 Å². The van der Waals surface area contributed by atoms with E-state index in [1.54, 1.807) is 6.07 Å². The largest absolute Gasteiger partial charge is 0.397 e. The van der Waals surface area contributed by atoms with Crippen molar-refractivity contribution in [3.8, 4) is 17.5 Å². The van der Waals surface area contributed by atoms with Crippen LogP contribution >= 0.6 is 0 Å². The molecule has 0 bridgehead atoms. The molecular weight excluding hydrogens is 238 g/mol. The van der Waals surface area contributed by atoms with Gasteiger partial charge in [-0.05, 0) is 36.8 Å². The summed E-state index contributed by atoms with van der Waals surface area (Å²) in [7, 11) is 0. The summed E-state index contributed by atoms with van der Waals surface area (Å²) >= 11 is 0. The average Bonchev–Trinajstić information content (AvgIpc) is 2.85. The smallest absolute Gasteiger partial charge is 0.168 e. The predicted molar refractivity (Wildman–Crippen MR) is 72.3 cm³/mol. The quantitative estimate of drug-likeness (QED) is 0.670. The monoisotopic (exact) mass is 249 g/mol. The summed E-state index contributed by atoms with van der Waals surface area (Å²) in [5, 5.41) is 17.4. The highest BCUT2D eigenvalue weighted by molar-refractivity contribution is 5.70. The van der Waals surface area contributed by atoms with Gasteiger partial charge in [0.05, 0.1) is 11.3 Å². The lowest BCUT2D eigenvalue weighted by atomic mass is 10.0. The molecule has 19 heavy (non-hydrogen) atoms. The Labute approximate surface area is 109 Å². The molecular formula is C14H11N5. The maximum atomic E-state index is 9.11. The van der Waals surface area contributed by atoms with Crippen LogP contribution in [0.25, 0.3) is 17.0 Å². The molecule has 2 heterocycles. The van der Waals surface area contributed by atoms with Gasteiger partial charge >= 0.3 is 0 Å². The third-order valence-corrected chi connectivity index (χ3v) is 3.08. The molecule has 0 saturated carbocycles. The van der Waals surface area contributed by atoms with Crippen molar-refractivity contribution in [2.24, 2.45) is 0 Å². The number of aryl methyl sites for hydroxylation is 1. The molecule has 0 radical (unpaired) electrons. The van der Waals surface area contributed by atoms with Gasteiger partial charge in [0.1, 0.15) is 6.07 Å². The number of nitrogen functional groups attached to an aromatic ring is 1. The average molecular weight is 249 g/mol. The summed E-state index contributed by atoms with van der Waals surface area (Å²) in [6.45, 7) is 1.88. The Morgan fingerprint density at radius 1 is 1.26 bits per heavy atom. The number of hydrogen-bond donors (Lipinski definition) is 1. The number of hydrogen-bond acceptors (Lipinski definition) is 4. The molecule has 0 saturated heterocycles. The van der Waals surface area contributed by atoms with E-state index in [1.807, 2.05) is 41.8 Å². The first-order valence-electron chi connectivity index (χ1n) is 5.81. The van der Waals surface area contributed by atoms with E-state index in [2.05, 4.69) is 16.3 Å². The molecule has 0 aliphatic carbocycles. The van der Waals surface area contributed by atoms with Gasteiger partial charge in [-0.2, -0.15) is 5.26 Å². The first-order chi connectivity index (χ1) is 9.20. The van der Waals surface area contributed by atoms with Crippen LogP contribution in [0.1, 0.15) is 11.1 Å². The zero-order chi connectivity index (χ0) is 13.4. The number of aromatic nitrogens is 3. The van der Waals surface area contributed by atoms with Crippen molar-refractivity contribution in [3.63, 3.8) is 0 Å². The molecule has 0 aliphatic rings. The van der Waals surface area contributed by atoms with Gasteiger partial charge in [-0.25, -0.2) is 0 Å². The van der Waals surface area contributed by atoms with E-state index in [4.69, 9.17) is 11.0 Å². The second-order valence-corrected chi connectivity index (χ2v) is 4.32. The summed E-state index contributed by atoms with van der Waals surface area (Å²) in [5.74, 6) is 0.704. The molecule has 0 spiro atoms. The Morgan fingerprint density at radius 3 is 2.89 bits per heavy atom. The van der Waals surface area contributed by atoms with E-state index < -0.39 is 0 Å². The van der Waals surface area contributed by atoms with Gasteiger partial charge < -0.3 is 5.73 Å². The van der Waals surface area contributed by atoms with E-state index >= 15 is 0 Å². The third-order valence-electron chi connectivity index (χ3n) is 3.08. The first kappa shape index (κ1) is 11.2. The van der Waals surface area contributed by atoms with Crippen LogP contribution in [-0.4, -0.2) is 14.6 Å². The Hall–Kier alpha value is -2.87. The molecule has 2 aromatic heterocycles. The molecule has 5 nitrogen and oxygen atoms in total. The third kappa shape index (κ3) is 1.70. The van der Waals surface area contributed by atoms with E-state index in [1.165, 1.54) is 0 Å². The van der Waals surface area contributed by atoms with Crippen LogP contribution in [0.2, 0.25) is 0 Å². The fourth-order valence-electron chi connectivity index (χ4n) is 2.06. The van der Waals surface area contributed by atoms with Crippen molar-refractivity contribution < 1.29 is 0 Å². The van der Waals surface area contributed by atoms with E-state index in [0.29, 0.717) is 17.1 Å². The van der Waals surface area contributed by atoms with Crippen LogP contribution in [0, 0.1) is 18.3 Å². The maximum absolute atomic E-state index is 9.11. The Bertz CT molecular complexity index is 810. The molecule has 5 heteroatoms. The van der Waals surface area contributed by atoms with Crippen molar-refractivity contribution in [2.45, 2.75) is 6.92 Å². The zero-order valence-electron chi connectivity index (χ0n) is 10.3. The van der Waals surface area contributed by atoms with Crippen molar-refractivity contribution >= 4 is 11.3 Å². The number of pyridine rings is 1. The van der Waals surface area contributed by atoms with Crippen LogP contribution in [0.5, 0.6) is 0 Å². The summed E-state index contributed by atoms with van der Waals surface area (Å²) < 4.78 is 1.88. The van der Waals surface area contributed by atoms with Gasteiger partial charge in [-0.15, -0.1) is 10.2 Å². The second-order valence-electron chi connectivity index (χ2n) is 4.32. The number of anilines is 1. The maximum Gasteiger partial charge on any atom is 0.168 e. The standard InChI is InChI=1S/C14H11N5/c1-9-6-10(7-11(8-15)13(9)16)14-18-17-12-4-2-3-5-19(12)14/h2-7H,16H2,1H3. The molecule has 0 amide bonds. The molecule has 3 aromatic rings. The molecule has 0 aliphatic heterocycles. The minimum Gasteiger partial charge on any atom is -0.397 e. The molecule has 0 unspecified atom stereocenters. The normalized spacial score (nSPS) is 10.5. The van der Waals surface area contributed by atoms with Crippen LogP contribution < -0.4 is 5.73 Å². The topological polar surface area (TPSA) is 80.0 Å². The van der Waals surface area contributed by atoms with Crippen LogP contribution in [0.15, 0.2) is 36.5 Å². The number of nitriles is 1. The van der Waals surface area contributed by atoms with Crippen LogP contribution in [0.4, 0.5) is 5.69 Å². The molecule has 2 N–H and O–H groups in total. The Morgan fingerprint density at radius 2 is 2.11 bits per heavy atom. The number of benzene rings is 1. The lowest BCUT2D eigenvalue weighted by molar-refractivity contribution is 1.11. The number of nitrogens with two attached hydrogens (primary N) is 1. The lowest BCUT2D eigenvalue weighted by Gasteiger charge is -2.06. The van der Waals surface area contributed by atoms with Gasteiger partial charge in [0, 0.05) is 11.8 Å². The van der Waals surface area contributed by atoms with Crippen LogP contribution in [-0.2, 0) is 0 Å². The van der Waals surface area contributed by atoms with E-state index in [0.717, 1.165) is 16.8 Å². The van der Waals surface area contributed by atoms with Gasteiger partial charge in [-0.3, -0.25) is 4.40 Å². The number of fused-ring (bicyclic) bond motifs is 1. The molecule has 0 atom stereocenters. The summed E-state index contributed by atoms with van der Waals surface area (Å²) in [5.41, 5.74) is 9.30.